The van der Waals surface area contributed by atoms with E-state index in [1.807, 2.05) is 6.07 Å². The van der Waals surface area contributed by atoms with Crippen LogP contribution in [0.25, 0.3) is 10.9 Å². The predicted octanol–water partition coefficient (Wildman–Crippen LogP) is 2.78. The first-order chi connectivity index (χ1) is 11.2. The van der Waals surface area contributed by atoms with Crippen molar-refractivity contribution in [3.8, 4) is 11.5 Å². The Morgan fingerprint density at radius 2 is 1.78 bits per heavy atom. The molecule has 0 aliphatic rings. The van der Waals surface area contributed by atoms with E-state index >= 15 is 0 Å². The van der Waals surface area contributed by atoms with Gasteiger partial charge in [0.15, 0.2) is 5.78 Å². The Labute approximate surface area is 132 Å². The number of methoxy groups -OCH3 is 2. The summed E-state index contributed by atoms with van der Waals surface area (Å²) in [4.78, 5) is 28.3. The third-order valence-electron chi connectivity index (χ3n) is 3.66. The molecule has 3 aromatic rings. The van der Waals surface area contributed by atoms with Crippen LogP contribution in [0.15, 0.2) is 53.5 Å². The Hall–Kier alpha value is -3.08. The number of carbonyl (C=O) groups excluding carboxylic acids is 1. The van der Waals surface area contributed by atoms with Gasteiger partial charge in [0.05, 0.1) is 30.7 Å². The van der Waals surface area contributed by atoms with Gasteiger partial charge in [-0.3, -0.25) is 9.59 Å². The average molecular weight is 309 g/mol. The minimum absolute atomic E-state index is 0.0761. The summed E-state index contributed by atoms with van der Waals surface area (Å²) in [7, 11) is 3.01. The van der Waals surface area contributed by atoms with Crippen LogP contribution in [0.5, 0.6) is 11.5 Å². The Bertz CT molecular complexity index is 929. The van der Waals surface area contributed by atoms with Crippen LogP contribution < -0.4 is 14.9 Å². The van der Waals surface area contributed by atoms with Crippen LogP contribution in [0.1, 0.15) is 15.9 Å². The molecule has 0 bridgehead atoms. The Kier molecular flexibility index (Phi) is 3.85. The molecule has 5 nitrogen and oxygen atoms in total. The van der Waals surface area contributed by atoms with E-state index in [4.69, 9.17) is 9.47 Å². The van der Waals surface area contributed by atoms with Gasteiger partial charge in [-0.25, -0.2) is 0 Å². The fraction of sp³-hybridized carbons (Fsp3) is 0.111. The number of H-pyrrole nitrogens is 1. The molecule has 0 saturated heterocycles. The number of hydrogen-bond donors (Lipinski definition) is 1. The molecule has 1 aromatic heterocycles. The van der Waals surface area contributed by atoms with Crippen molar-refractivity contribution >= 4 is 16.7 Å². The Morgan fingerprint density at radius 1 is 1.04 bits per heavy atom. The Morgan fingerprint density at radius 3 is 2.43 bits per heavy atom. The smallest absolute Gasteiger partial charge is 0.204 e. The second-order valence-corrected chi connectivity index (χ2v) is 4.98. The van der Waals surface area contributed by atoms with E-state index in [0.717, 1.165) is 0 Å². The number of ether oxygens (including phenoxy) is 2. The van der Waals surface area contributed by atoms with Gasteiger partial charge in [-0.2, -0.15) is 0 Å². The number of benzene rings is 2. The van der Waals surface area contributed by atoms with Crippen LogP contribution in [0.2, 0.25) is 0 Å². The fourth-order valence-electron chi connectivity index (χ4n) is 2.48. The third-order valence-corrected chi connectivity index (χ3v) is 3.66. The highest BCUT2D eigenvalue weighted by Gasteiger charge is 2.18. The van der Waals surface area contributed by atoms with Gasteiger partial charge in [0.2, 0.25) is 5.43 Å². The monoisotopic (exact) mass is 309 g/mol. The first kappa shape index (κ1) is 14.8. The van der Waals surface area contributed by atoms with Crippen molar-refractivity contribution in [2.75, 3.05) is 14.2 Å². The van der Waals surface area contributed by atoms with Crippen LogP contribution in [-0.4, -0.2) is 25.0 Å². The molecule has 3 rings (SSSR count). The van der Waals surface area contributed by atoms with E-state index < -0.39 is 0 Å². The number of carbonyl (C=O) groups is 1. The number of ketones is 1. The number of aromatic amines is 1. The summed E-state index contributed by atoms with van der Waals surface area (Å²) >= 11 is 0. The maximum absolute atomic E-state index is 12.8. The molecule has 1 heterocycles. The van der Waals surface area contributed by atoms with Crippen molar-refractivity contribution in [3.63, 3.8) is 0 Å². The highest BCUT2D eigenvalue weighted by molar-refractivity contribution is 6.10. The van der Waals surface area contributed by atoms with E-state index in [1.54, 1.807) is 36.4 Å². The summed E-state index contributed by atoms with van der Waals surface area (Å²) in [6.45, 7) is 0. The molecule has 0 radical (unpaired) electrons. The van der Waals surface area contributed by atoms with Gasteiger partial charge in [-0.15, -0.1) is 0 Å². The standard InChI is InChI=1S/C18H15NO4/c1-22-12-8-14-16(15(9-12)23-2)18(21)13(10-19-14)17(20)11-6-4-3-5-7-11/h3-10H,1-2H3,(H,19,21). The zero-order valence-electron chi connectivity index (χ0n) is 12.8. The van der Waals surface area contributed by atoms with Crippen molar-refractivity contribution < 1.29 is 14.3 Å². The molecule has 116 valence electrons. The molecule has 0 saturated carbocycles. The lowest BCUT2D eigenvalue weighted by atomic mass is 10.0. The molecule has 0 unspecified atom stereocenters. The van der Waals surface area contributed by atoms with Crippen LogP contribution in [0, 0.1) is 0 Å². The molecule has 0 atom stereocenters. The molecule has 5 heteroatoms. The van der Waals surface area contributed by atoms with Crippen molar-refractivity contribution in [3.05, 3.63) is 70.0 Å². The van der Waals surface area contributed by atoms with E-state index in [0.29, 0.717) is 28.0 Å². The van der Waals surface area contributed by atoms with Gasteiger partial charge in [-0.05, 0) is 0 Å². The van der Waals surface area contributed by atoms with Gasteiger partial charge in [-0.1, -0.05) is 30.3 Å². The van der Waals surface area contributed by atoms with Crippen molar-refractivity contribution in [1.82, 2.24) is 4.98 Å². The van der Waals surface area contributed by atoms with Crippen LogP contribution in [-0.2, 0) is 0 Å². The summed E-state index contributed by atoms with van der Waals surface area (Å²) in [6, 6.07) is 12.0. The fourth-order valence-corrected chi connectivity index (χ4v) is 2.48. The van der Waals surface area contributed by atoms with Gasteiger partial charge < -0.3 is 14.5 Å². The first-order valence-corrected chi connectivity index (χ1v) is 7.03. The maximum atomic E-state index is 12.8. The average Bonchev–Trinajstić information content (AvgIpc) is 2.61. The summed E-state index contributed by atoms with van der Waals surface area (Å²) < 4.78 is 10.5. The number of aromatic nitrogens is 1. The van der Waals surface area contributed by atoms with Gasteiger partial charge in [0.1, 0.15) is 11.5 Å². The van der Waals surface area contributed by atoms with E-state index in [-0.39, 0.29) is 16.8 Å². The predicted molar refractivity (Wildman–Crippen MR) is 87.5 cm³/mol. The summed E-state index contributed by atoms with van der Waals surface area (Å²) in [5, 5.41) is 0.329. The largest absolute Gasteiger partial charge is 0.497 e. The molecule has 0 amide bonds. The minimum Gasteiger partial charge on any atom is -0.497 e. The topological polar surface area (TPSA) is 68.4 Å². The molecule has 0 aliphatic carbocycles. The summed E-state index contributed by atoms with van der Waals surface area (Å²) in [6.07, 6.45) is 1.43. The molecular weight excluding hydrogens is 294 g/mol. The molecule has 0 fully saturated rings. The molecule has 23 heavy (non-hydrogen) atoms. The second-order valence-electron chi connectivity index (χ2n) is 4.98. The minimum atomic E-state index is -0.368. The normalized spacial score (nSPS) is 10.5. The van der Waals surface area contributed by atoms with Crippen LogP contribution in [0.3, 0.4) is 0 Å². The van der Waals surface area contributed by atoms with Crippen molar-refractivity contribution in [2.45, 2.75) is 0 Å². The molecular formula is C18H15NO4. The molecule has 2 aromatic carbocycles. The number of fused-ring (bicyclic) bond motifs is 1. The van der Waals surface area contributed by atoms with E-state index in [2.05, 4.69) is 4.98 Å². The van der Waals surface area contributed by atoms with E-state index in [1.165, 1.54) is 20.4 Å². The van der Waals surface area contributed by atoms with Gasteiger partial charge in [0, 0.05) is 23.9 Å². The molecule has 0 aliphatic heterocycles. The lowest BCUT2D eigenvalue weighted by molar-refractivity contribution is 0.103. The zero-order chi connectivity index (χ0) is 16.4. The number of rotatable bonds is 4. The quantitative estimate of drug-likeness (QED) is 0.752. The van der Waals surface area contributed by atoms with Crippen LogP contribution >= 0.6 is 0 Å². The summed E-state index contributed by atoms with van der Waals surface area (Å²) in [5.74, 6) is 0.599. The highest BCUT2D eigenvalue weighted by atomic mass is 16.5. The molecule has 1 N–H and O–H groups in total. The zero-order valence-corrected chi connectivity index (χ0v) is 12.8. The Balaban J connectivity index is 2.23. The summed E-state index contributed by atoms with van der Waals surface area (Å²) in [5.41, 5.74) is 0.722. The molecule has 0 spiro atoms. The van der Waals surface area contributed by atoms with Gasteiger partial charge in [0.25, 0.3) is 0 Å². The number of hydrogen-bond acceptors (Lipinski definition) is 4. The lowest BCUT2D eigenvalue weighted by Gasteiger charge is -2.09. The number of pyridine rings is 1. The number of nitrogens with one attached hydrogen (secondary N) is 1. The second kappa shape index (κ2) is 5.96. The third kappa shape index (κ3) is 2.57. The van der Waals surface area contributed by atoms with Gasteiger partial charge >= 0.3 is 0 Å². The SMILES string of the molecule is COc1cc(OC)c2c(=O)c(C(=O)c3ccccc3)c[nH]c2c1. The van der Waals surface area contributed by atoms with Crippen molar-refractivity contribution in [1.29, 1.82) is 0 Å². The maximum Gasteiger partial charge on any atom is 0.204 e. The van der Waals surface area contributed by atoms with E-state index in [9.17, 15) is 9.59 Å². The van der Waals surface area contributed by atoms with Crippen molar-refractivity contribution in [2.24, 2.45) is 0 Å². The highest BCUT2D eigenvalue weighted by Crippen LogP contribution is 2.28. The van der Waals surface area contributed by atoms with Crippen LogP contribution in [0.4, 0.5) is 0 Å². The lowest BCUT2D eigenvalue weighted by Crippen LogP contribution is -2.17. The first-order valence-electron chi connectivity index (χ1n) is 7.03.